The van der Waals surface area contributed by atoms with Gasteiger partial charge in [-0.25, -0.2) is 0 Å². The van der Waals surface area contributed by atoms with Gasteiger partial charge < -0.3 is 9.53 Å². The Morgan fingerprint density at radius 1 is 1.24 bits per heavy atom. The van der Waals surface area contributed by atoms with Crippen molar-refractivity contribution in [3.63, 3.8) is 0 Å². The maximum atomic E-state index is 11.3. The molecule has 1 rings (SSSR count). The van der Waals surface area contributed by atoms with Crippen LogP contribution in [0.4, 0.5) is 0 Å². The first-order valence-electron chi connectivity index (χ1n) is 8.06. The van der Waals surface area contributed by atoms with Gasteiger partial charge in [0, 0.05) is 6.42 Å². The third kappa shape index (κ3) is 5.18. The third-order valence-corrected chi connectivity index (χ3v) is 3.95. The number of ether oxygens (including phenoxy) is 1. The molecule has 0 aliphatic heterocycles. The standard InChI is InChI=1S/C19H30O2/c1-7-15(10-9-14(3)20)17-13-16(19(4,5)6)11-12-18(17)21-8-2/h11-13,15H,7-10H2,1-6H3. The summed E-state index contributed by atoms with van der Waals surface area (Å²) in [4.78, 5) is 11.3. The lowest BCUT2D eigenvalue weighted by atomic mass is 9.82. The van der Waals surface area contributed by atoms with Crippen molar-refractivity contribution in [1.29, 1.82) is 0 Å². The van der Waals surface area contributed by atoms with Gasteiger partial charge in [0.2, 0.25) is 0 Å². The topological polar surface area (TPSA) is 26.3 Å². The van der Waals surface area contributed by atoms with Crippen LogP contribution in [0.5, 0.6) is 5.75 Å². The van der Waals surface area contributed by atoms with Crippen LogP contribution in [-0.2, 0) is 10.2 Å². The van der Waals surface area contributed by atoms with Crippen LogP contribution >= 0.6 is 0 Å². The minimum Gasteiger partial charge on any atom is -0.494 e. The summed E-state index contributed by atoms with van der Waals surface area (Å²) in [6.45, 7) is 13.2. The van der Waals surface area contributed by atoms with E-state index in [1.54, 1.807) is 6.92 Å². The fourth-order valence-electron chi connectivity index (χ4n) is 2.58. The first-order chi connectivity index (χ1) is 9.79. The van der Waals surface area contributed by atoms with Crippen LogP contribution in [-0.4, -0.2) is 12.4 Å². The molecule has 0 bridgehead atoms. The summed E-state index contributed by atoms with van der Waals surface area (Å²) in [6.07, 6.45) is 2.57. The highest BCUT2D eigenvalue weighted by Crippen LogP contribution is 2.36. The summed E-state index contributed by atoms with van der Waals surface area (Å²) in [5.74, 6) is 1.62. The van der Waals surface area contributed by atoms with E-state index in [0.29, 0.717) is 18.9 Å². The van der Waals surface area contributed by atoms with Crippen molar-refractivity contribution in [1.82, 2.24) is 0 Å². The molecule has 2 nitrogen and oxygen atoms in total. The molecule has 1 aromatic carbocycles. The number of hydrogen-bond donors (Lipinski definition) is 0. The zero-order valence-electron chi connectivity index (χ0n) is 14.5. The van der Waals surface area contributed by atoms with Crippen LogP contribution in [0.15, 0.2) is 18.2 Å². The first-order valence-corrected chi connectivity index (χ1v) is 8.06. The predicted molar refractivity (Wildman–Crippen MR) is 89.3 cm³/mol. The van der Waals surface area contributed by atoms with Gasteiger partial charge >= 0.3 is 0 Å². The number of hydrogen-bond acceptors (Lipinski definition) is 2. The highest BCUT2D eigenvalue weighted by molar-refractivity contribution is 5.75. The third-order valence-electron chi connectivity index (χ3n) is 3.95. The van der Waals surface area contributed by atoms with E-state index < -0.39 is 0 Å². The molecule has 0 radical (unpaired) electrons. The minimum atomic E-state index is 0.123. The fourth-order valence-corrected chi connectivity index (χ4v) is 2.58. The monoisotopic (exact) mass is 290 g/mol. The number of benzene rings is 1. The Balaban J connectivity index is 3.16. The average molecular weight is 290 g/mol. The summed E-state index contributed by atoms with van der Waals surface area (Å²) in [6, 6.07) is 6.53. The van der Waals surface area contributed by atoms with Crippen LogP contribution in [0.3, 0.4) is 0 Å². The van der Waals surface area contributed by atoms with Crippen molar-refractivity contribution in [2.75, 3.05) is 6.61 Å². The molecule has 0 amide bonds. The number of ketones is 1. The second kappa shape index (κ2) is 7.63. The molecule has 0 saturated carbocycles. The Kier molecular flexibility index (Phi) is 6.44. The summed E-state index contributed by atoms with van der Waals surface area (Å²) in [5.41, 5.74) is 2.70. The second-order valence-corrected chi connectivity index (χ2v) is 6.78. The Bertz CT molecular complexity index is 469. The van der Waals surface area contributed by atoms with Gasteiger partial charge in [0.15, 0.2) is 0 Å². The largest absolute Gasteiger partial charge is 0.494 e. The lowest BCUT2D eigenvalue weighted by Gasteiger charge is -2.24. The summed E-state index contributed by atoms with van der Waals surface area (Å²) >= 11 is 0. The molecule has 0 N–H and O–H groups in total. The Hall–Kier alpha value is -1.31. The van der Waals surface area contributed by atoms with Crippen molar-refractivity contribution < 1.29 is 9.53 Å². The Labute approximate surface area is 129 Å². The highest BCUT2D eigenvalue weighted by atomic mass is 16.5. The molecule has 0 aromatic heterocycles. The second-order valence-electron chi connectivity index (χ2n) is 6.78. The lowest BCUT2D eigenvalue weighted by Crippen LogP contribution is -2.13. The molecule has 1 aromatic rings. The van der Waals surface area contributed by atoms with Gasteiger partial charge in [0.1, 0.15) is 11.5 Å². The quantitative estimate of drug-likeness (QED) is 0.686. The van der Waals surface area contributed by atoms with Crippen molar-refractivity contribution in [2.24, 2.45) is 0 Å². The van der Waals surface area contributed by atoms with Crippen molar-refractivity contribution >= 4 is 5.78 Å². The minimum absolute atomic E-state index is 0.123. The van der Waals surface area contributed by atoms with Gasteiger partial charge in [0.05, 0.1) is 6.61 Å². The van der Waals surface area contributed by atoms with Crippen LogP contribution in [0.1, 0.15) is 77.8 Å². The van der Waals surface area contributed by atoms with Crippen molar-refractivity contribution in [3.8, 4) is 5.75 Å². The van der Waals surface area contributed by atoms with Crippen molar-refractivity contribution in [2.45, 2.75) is 72.1 Å². The molecule has 0 heterocycles. The molecule has 0 aliphatic rings. The Morgan fingerprint density at radius 3 is 2.38 bits per heavy atom. The summed E-state index contributed by atoms with van der Waals surface area (Å²) in [7, 11) is 0. The zero-order valence-corrected chi connectivity index (χ0v) is 14.5. The van der Waals surface area contributed by atoms with E-state index in [2.05, 4.69) is 45.9 Å². The van der Waals surface area contributed by atoms with Gasteiger partial charge in [-0.05, 0) is 55.2 Å². The molecular weight excluding hydrogens is 260 g/mol. The molecule has 0 saturated heterocycles. The van der Waals surface area contributed by atoms with E-state index in [0.717, 1.165) is 18.6 Å². The highest BCUT2D eigenvalue weighted by Gasteiger charge is 2.20. The van der Waals surface area contributed by atoms with Gasteiger partial charge in [-0.2, -0.15) is 0 Å². The smallest absolute Gasteiger partial charge is 0.129 e. The van der Waals surface area contributed by atoms with E-state index in [1.165, 1.54) is 11.1 Å². The zero-order chi connectivity index (χ0) is 16.0. The number of carbonyl (C=O) groups excluding carboxylic acids is 1. The van der Waals surface area contributed by atoms with Crippen LogP contribution in [0.25, 0.3) is 0 Å². The molecule has 0 fully saturated rings. The van der Waals surface area contributed by atoms with Crippen LogP contribution < -0.4 is 4.74 Å². The molecule has 21 heavy (non-hydrogen) atoms. The molecule has 0 aliphatic carbocycles. The van der Waals surface area contributed by atoms with E-state index in [9.17, 15) is 4.79 Å². The number of rotatable bonds is 7. The number of carbonyl (C=O) groups is 1. The summed E-state index contributed by atoms with van der Waals surface area (Å²) in [5, 5.41) is 0. The number of Topliss-reactive ketones (excluding diaryl/α,β-unsaturated/α-hetero) is 1. The van der Waals surface area contributed by atoms with E-state index >= 15 is 0 Å². The maximum Gasteiger partial charge on any atom is 0.129 e. The molecule has 2 heteroatoms. The average Bonchev–Trinajstić information content (AvgIpc) is 2.39. The van der Waals surface area contributed by atoms with Gasteiger partial charge in [-0.3, -0.25) is 0 Å². The van der Waals surface area contributed by atoms with Crippen LogP contribution in [0, 0.1) is 0 Å². The molecular formula is C19H30O2. The fraction of sp³-hybridized carbons (Fsp3) is 0.632. The SMILES string of the molecule is CCOc1ccc(C(C)(C)C)cc1C(CC)CCC(C)=O. The van der Waals surface area contributed by atoms with E-state index in [4.69, 9.17) is 4.74 Å². The molecule has 1 unspecified atom stereocenters. The van der Waals surface area contributed by atoms with Crippen molar-refractivity contribution in [3.05, 3.63) is 29.3 Å². The van der Waals surface area contributed by atoms with E-state index in [1.807, 2.05) is 6.92 Å². The van der Waals surface area contributed by atoms with E-state index in [-0.39, 0.29) is 11.2 Å². The maximum absolute atomic E-state index is 11.3. The Morgan fingerprint density at radius 2 is 1.90 bits per heavy atom. The van der Waals surface area contributed by atoms with Crippen LogP contribution in [0.2, 0.25) is 0 Å². The van der Waals surface area contributed by atoms with Gasteiger partial charge in [-0.15, -0.1) is 0 Å². The van der Waals surface area contributed by atoms with Gasteiger partial charge in [-0.1, -0.05) is 39.8 Å². The normalized spacial score (nSPS) is 13.0. The summed E-state index contributed by atoms with van der Waals surface area (Å²) < 4.78 is 5.81. The van der Waals surface area contributed by atoms with Gasteiger partial charge in [0.25, 0.3) is 0 Å². The molecule has 0 spiro atoms. The molecule has 118 valence electrons. The first kappa shape index (κ1) is 17.7. The molecule has 1 atom stereocenters. The predicted octanol–water partition coefficient (Wildman–Crippen LogP) is 5.25. The lowest BCUT2D eigenvalue weighted by molar-refractivity contribution is -0.117.